The van der Waals surface area contributed by atoms with E-state index < -0.39 is 0 Å². The molecule has 0 spiro atoms. The number of rotatable bonds is 4. The first-order chi connectivity index (χ1) is 5.83. The molecule has 0 bridgehead atoms. The second kappa shape index (κ2) is 5.14. The van der Waals surface area contributed by atoms with Crippen LogP contribution >= 0.6 is 15.9 Å². The largest absolute Gasteiger partial charge is 0.493 e. The topological polar surface area (TPSA) is 9.23 Å². The molecular weight excluding hydrogens is 223 g/mol. The molecule has 1 rings (SSSR count). The molecule has 0 aromatic heterocycles. The quantitative estimate of drug-likeness (QED) is 0.725. The second-order valence-corrected chi connectivity index (χ2v) is 3.26. The van der Waals surface area contributed by atoms with Crippen molar-refractivity contribution in [3.63, 3.8) is 0 Å². The average molecular weight is 233 g/mol. The molecule has 0 saturated heterocycles. The third-order valence-corrected chi connectivity index (χ3v) is 1.89. The van der Waals surface area contributed by atoms with Crippen LogP contribution in [0.25, 0.3) is 0 Å². The van der Waals surface area contributed by atoms with Crippen molar-refractivity contribution < 1.29 is 9.13 Å². The van der Waals surface area contributed by atoms with Gasteiger partial charge in [-0.1, -0.05) is 15.9 Å². The molecule has 0 unspecified atom stereocenters. The predicted molar refractivity (Wildman–Crippen MR) is 50.2 cm³/mol. The van der Waals surface area contributed by atoms with Crippen molar-refractivity contribution in [3.8, 4) is 5.75 Å². The Morgan fingerprint density at radius 2 is 1.92 bits per heavy atom. The fraction of sp³-hybridized carbons (Fsp3) is 0.333. The van der Waals surface area contributed by atoms with Crippen LogP contribution in [0.2, 0.25) is 0 Å². The molecule has 0 saturated carbocycles. The van der Waals surface area contributed by atoms with E-state index in [0.29, 0.717) is 13.0 Å². The molecule has 0 atom stereocenters. The van der Waals surface area contributed by atoms with Crippen LogP contribution in [-0.4, -0.2) is 13.3 Å². The molecular formula is C9H10BrFO. The Balaban J connectivity index is 2.37. The summed E-state index contributed by atoms with van der Waals surface area (Å²) >= 11 is 3.31. The Kier molecular flexibility index (Phi) is 4.08. The van der Waals surface area contributed by atoms with E-state index in [1.165, 1.54) is 0 Å². The van der Waals surface area contributed by atoms with Gasteiger partial charge in [0.05, 0.1) is 13.3 Å². The van der Waals surface area contributed by atoms with Crippen molar-refractivity contribution in [2.45, 2.75) is 6.42 Å². The van der Waals surface area contributed by atoms with E-state index >= 15 is 0 Å². The minimum absolute atomic E-state index is 0.323. The lowest BCUT2D eigenvalue weighted by Crippen LogP contribution is -1.97. The molecule has 0 fully saturated rings. The van der Waals surface area contributed by atoms with Gasteiger partial charge in [-0.2, -0.15) is 0 Å². The Morgan fingerprint density at radius 3 is 2.50 bits per heavy atom. The summed E-state index contributed by atoms with van der Waals surface area (Å²) in [6, 6.07) is 7.49. The maximum atomic E-state index is 11.7. The van der Waals surface area contributed by atoms with Gasteiger partial charge in [0.2, 0.25) is 0 Å². The standard InChI is InChI=1S/C9H10BrFO/c10-8-2-4-9(5-3-8)12-7-1-6-11/h2-5H,1,6-7H2. The van der Waals surface area contributed by atoms with Gasteiger partial charge in [0.25, 0.3) is 0 Å². The molecule has 0 aliphatic heterocycles. The monoisotopic (exact) mass is 232 g/mol. The minimum atomic E-state index is -0.323. The highest BCUT2D eigenvalue weighted by Gasteiger charge is 1.92. The smallest absolute Gasteiger partial charge is 0.119 e. The third-order valence-electron chi connectivity index (χ3n) is 1.36. The van der Waals surface area contributed by atoms with Crippen molar-refractivity contribution in [1.29, 1.82) is 0 Å². The first-order valence-electron chi connectivity index (χ1n) is 3.77. The molecule has 12 heavy (non-hydrogen) atoms. The van der Waals surface area contributed by atoms with E-state index in [9.17, 15) is 4.39 Å². The van der Waals surface area contributed by atoms with Gasteiger partial charge in [0, 0.05) is 10.9 Å². The summed E-state index contributed by atoms with van der Waals surface area (Å²) in [4.78, 5) is 0. The minimum Gasteiger partial charge on any atom is -0.493 e. The van der Waals surface area contributed by atoms with E-state index in [2.05, 4.69) is 15.9 Å². The van der Waals surface area contributed by atoms with E-state index in [1.54, 1.807) is 0 Å². The fourth-order valence-electron chi connectivity index (χ4n) is 0.775. The third kappa shape index (κ3) is 3.22. The van der Waals surface area contributed by atoms with Crippen molar-refractivity contribution in [1.82, 2.24) is 0 Å². The van der Waals surface area contributed by atoms with Crippen LogP contribution < -0.4 is 4.74 Å². The first kappa shape index (κ1) is 9.52. The van der Waals surface area contributed by atoms with Gasteiger partial charge in [-0.25, -0.2) is 0 Å². The lowest BCUT2D eigenvalue weighted by molar-refractivity contribution is 0.289. The van der Waals surface area contributed by atoms with Gasteiger partial charge in [-0.05, 0) is 24.3 Å². The maximum absolute atomic E-state index is 11.7. The van der Waals surface area contributed by atoms with Crippen LogP contribution in [0.15, 0.2) is 28.7 Å². The lowest BCUT2D eigenvalue weighted by atomic mass is 10.3. The van der Waals surface area contributed by atoms with Gasteiger partial charge in [-0.15, -0.1) is 0 Å². The van der Waals surface area contributed by atoms with Crippen molar-refractivity contribution >= 4 is 15.9 Å². The summed E-state index contributed by atoms with van der Waals surface area (Å²) in [6.07, 6.45) is 0.454. The average Bonchev–Trinajstić information content (AvgIpc) is 2.09. The SMILES string of the molecule is FCCCOc1ccc(Br)cc1. The van der Waals surface area contributed by atoms with Crippen LogP contribution in [0, 0.1) is 0 Å². The normalized spacial score (nSPS) is 9.83. The zero-order valence-electron chi connectivity index (χ0n) is 6.59. The molecule has 0 radical (unpaired) electrons. The summed E-state index contributed by atoms with van der Waals surface area (Å²) in [7, 11) is 0. The Morgan fingerprint density at radius 1 is 1.25 bits per heavy atom. The summed E-state index contributed by atoms with van der Waals surface area (Å²) in [5, 5.41) is 0. The Labute approximate surface area is 79.7 Å². The molecule has 66 valence electrons. The summed E-state index contributed by atoms with van der Waals surface area (Å²) < 4.78 is 17.9. The van der Waals surface area contributed by atoms with Gasteiger partial charge in [-0.3, -0.25) is 4.39 Å². The van der Waals surface area contributed by atoms with Crippen LogP contribution in [0.3, 0.4) is 0 Å². The van der Waals surface area contributed by atoms with E-state index in [1.807, 2.05) is 24.3 Å². The highest BCUT2D eigenvalue weighted by molar-refractivity contribution is 9.10. The van der Waals surface area contributed by atoms with E-state index in [4.69, 9.17) is 4.74 Å². The summed E-state index contributed by atoms with van der Waals surface area (Å²) in [5.74, 6) is 0.784. The summed E-state index contributed by atoms with van der Waals surface area (Å²) in [5.41, 5.74) is 0. The Bertz CT molecular complexity index is 222. The van der Waals surface area contributed by atoms with Crippen molar-refractivity contribution in [2.75, 3.05) is 13.3 Å². The number of hydrogen-bond donors (Lipinski definition) is 0. The van der Waals surface area contributed by atoms with E-state index in [-0.39, 0.29) is 6.67 Å². The fourth-order valence-corrected chi connectivity index (χ4v) is 1.04. The van der Waals surface area contributed by atoms with Crippen molar-refractivity contribution in [3.05, 3.63) is 28.7 Å². The van der Waals surface area contributed by atoms with Crippen LogP contribution in [0.1, 0.15) is 6.42 Å². The first-order valence-corrected chi connectivity index (χ1v) is 4.56. The highest BCUT2D eigenvalue weighted by atomic mass is 79.9. The molecule has 1 aromatic rings. The highest BCUT2D eigenvalue weighted by Crippen LogP contribution is 2.15. The van der Waals surface area contributed by atoms with E-state index in [0.717, 1.165) is 10.2 Å². The van der Waals surface area contributed by atoms with Crippen LogP contribution in [-0.2, 0) is 0 Å². The van der Waals surface area contributed by atoms with Crippen LogP contribution in [0.4, 0.5) is 4.39 Å². The molecule has 0 heterocycles. The van der Waals surface area contributed by atoms with Gasteiger partial charge >= 0.3 is 0 Å². The number of alkyl halides is 1. The molecule has 0 aliphatic carbocycles. The lowest BCUT2D eigenvalue weighted by Gasteiger charge is -2.03. The number of benzene rings is 1. The van der Waals surface area contributed by atoms with Gasteiger partial charge < -0.3 is 4.74 Å². The van der Waals surface area contributed by atoms with Crippen LogP contribution in [0.5, 0.6) is 5.75 Å². The second-order valence-electron chi connectivity index (χ2n) is 2.34. The molecule has 1 nitrogen and oxygen atoms in total. The Hall–Kier alpha value is -0.570. The number of hydrogen-bond acceptors (Lipinski definition) is 1. The molecule has 1 aromatic carbocycles. The molecule has 0 amide bonds. The van der Waals surface area contributed by atoms with Gasteiger partial charge in [0.15, 0.2) is 0 Å². The molecule has 3 heteroatoms. The number of ether oxygens (including phenoxy) is 1. The number of halogens is 2. The zero-order valence-corrected chi connectivity index (χ0v) is 8.18. The molecule has 0 N–H and O–H groups in total. The van der Waals surface area contributed by atoms with Crippen molar-refractivity contribution in [2.24, 2.45) is 0 Å². The van der Waals surface area contributed by atoms with Gasteiger partial charge in [0.1, 0.15) is 5.75 Å². The predicted octanol–water partition coefficient (Wildman–Crippen LogP) is 3.19. The summed E-state index contributed by atoms with van der Waals surface area (Å²) in [6.45, 7) is 0.120. The zero-order chi connectivity index (χ0) is 8.81. The molecule has 0 aliphatic rings. The maximum Gasteiger partial charge on any atom is 0.119 e.